The minimum Gasteiger partial charge on any atom is -0.339 e. The number of anilines is 1. The Morgan fingerprint density at radius 2 is 1.56 bits per heavy atom. The minimum atomic E-state index is -0.231. The molecular weight excluding hydrogens is 338 g/mol. The van der Waals surface area contributed by atoms with Gasteiger partial charge >= 0.3 is 0 Å². The Bertz CT molecular complexity index is 779. The van der Waals surface area contributed by atoms with E-state index >= 15 is 0 Å². The molecule has 0 spiro atoms. The van der Waals surface area contributed by atoms with Crippen molar-refractivity contribution in [1.82, 2.24) is 4.90 Å². The monoisotopic (exact) mass is 367 g/mol. The van der Waals surface area contributed by atoms with Crippen molar-refractivity contribution in [3.05, 3.63) is 64.7 Å². The molecular formula is C22H29N3O2. The molecule has 3 N–H and O–H groups in total. The number of nitrogens with one attached hydrogen (secondary N) is 1. The van der Waals surface area contributed by atoms with Crippen LogP contribution >= 0.6 is 0 Å². The van der Waals surface area contributed by atoms with Crippen LogP contribution in [0.1, 0.15) is 58.5 Å². The number of aryl methyl sites for hydroxylation is 1. The number of rotatable bonds is 8. The SMILES string of the molecule is CCCN(CCC)C(=O)c1cc(C)cc(C(=O)Nc2ccc(CN)cc2)c1. The van der Waals surface area contributed by atoms with Crippen LogP contribution in [0.5, 0.6) is 0 Å². The van der Waals surface area contributed by atoms with Gasteiger partial charge in [-0.05, 0) is 61.2 Å². The number of carbonyl (C=O) groups excluding carboxylic acids is 2. The number of hydrogen-bond donors (Lipinski definition) is 2. The molecule has 0 aliphatic heterocycles. The number of amides is 2. The summed E-state index contributed by atoms with van der Waals surface area (Å²) >= 11 is 0. The first kappa shape index (κ1) is 20.6. The van der Waals surface area contributed by atoms with Crippen molar-refractivity contribution >= 4 is 17.5 Å². The Kier molecular flexibility index (Phi) is 7.55. The molecule has 0 saturated heterocycles. The molecule has 0 fully saturated rings. The molecule has 2 amide bonds. The van der Waals surface area contributed by atoms with E-state index in [1.54, 1.807) is 12.1 Å². The maximum absolute atomic E-state index is 12.9. The van der Waals surface area contributed by atoms with Crippen LogP contribution in [0.3, 0.4) is 0 Å². The third-order valence-corrected chi connectivity index (χ3v) is 4.31. The number of nitrogens with zero attached hydrogens (tertiary/aromatic N) is 1. The molecule has 2 aromatic carbocycles. The summed E-state index contributed by atoms with van der Waals surface area (Å²) in [6.45, 7) is 7.91. The Morgan fingerprint density at radius 1 is 0.963 bits per heavy atom. The smallest absolute Gasteiger partial charge is 0.255 e. The maximum Gasteiger partial charge on any atom is 0.255 e. The lowest BCUT2D eigenvalue weighted by Crippen LogP contribution is -2.32. The molecule has 0 bridgehead atoms. The van der Waals surface area contributed by atoms with Gasteiger partial charge in [-0.3, -0.25) is 9.59 Å². The van der Waals surface area contributed by atoms with Crippen LogP contribution in [0.25, 0.3) is 0 Å². The summed E-state index contributed by atoms with van der Waals surface area (Å²) in [4.78, 5) is 27.4. The third-order valence-electron chi connectivity index (χ3n) is 4.31. The predicted octanol–water partition coefficient (Wildman–Crippen LogP) is 3.97. The molecule has 0 saturated carbocycles. The van der Waals surface area contributed by atoms with Crippen molar-refractivity contribution in [2.75, 3.05) is 18.4 Å². The zero-order valence-electron chi connectivity index (χ0n) is 16.4. The molecule has 0 aliphatic rings. The van der Waals surface area contributed by atoms with Crippen LogP contribution in [-0.4, -0.2) is 29.8 Å². The average Bonchev–Trinajstić information content (AvgIpc) is 2.67. The minimum absolute atomic E-state index is 0.0243. The largest absolute Gasteiger partial charge is 0.339 e. The van der Waals surface area contributed by atoms with E-state index in [9.17, 15) is 9.59 Å². The van der Waals surface area contributed by atoms with Gasteiger partial charge in [0.2, 0.25) is 0 Å². The highest BCUT2D eigenvalue weighted by Gasteiger charge is 2.17. The van der Waals surface area contributed by atoms with Crippen LogP contribution in [0.2, 0.25) is 0 Å². The highest BCUT2D eigenvalue weighted by atomic mass is 16.2. The Labute approximate surface area is 161 Å². The first-order chi connectivity index (χ1) is 13.0. The summed E-state index contributed by atoms with van der Waals surface area (Å²) < 4.78 is 0. The number of benzene rings is 2. The summed E-state index contributed by atoms with van der Waals surface area (Å²) in [6.07, 6.45) is 1.81. The molecule has 144 valence electrons. The lowest BCUT2D eigenvalue weighted by molar-refractivity contribution is 0.0755. The second-order valence-electron chi connectivity index (χ2n) is 6.74. The molecule has 0 heterocycles. The zero-order valence-corrected chi connectivity index (χ0v) is 16.4. The third kappa shape index (κ3) is 5.66. The maximum atomic E-state index is 12.9. The van der Waals surface area contributed by atoms with Gasteiger partial charge in [0.25, 0.3) is 11.8 Å². The van der Waals surface area contributed by atoms with Crippen molar-refractivity contribution in [3.63, 3.8) is 0 Å². The lowest BCUT2D eigenvalue weighted by atomic mass is 10.0. The standard InChI is InChI=1S/C22H29N3O2/c1-4-10-25(11-5-2)22(27)19-13-16(3)12-18(14-19)21(26)24-20-8-6-17(15-23)7-9-20/h6-9,12-14H,4-5,10-11,15,23H2,1-3H3,(H,24,26). The van der Waals surface area contributed by atoms with Crippen LogP contribution < -0.4 is 11.1 Å². The summed E-state index contributed by atoms with van der Waals surface area (Å²) in [5.41, 5.74) is 9.22. The predicted molar refractivity (Wildman–Crippen MR) is 110 cm³/mol. The van der Waals surface area contributed by atoms with Crippen LogP contribution in [0, 0.1) is 6.92 Å². The normalized spacial score (nSPS) is 10.5. The fourth-order valence-electron chi connectivity index (χ4n) is 3.00. The highest BCUT2D eigenvalue weighted by molar-refractivity contribution is 6.06. The molecule has 27 heavy (non-hydrogen) atoms. The number of nitrogens with two attached hydrogens (primary N) is 1. The van der Waals surface area contributed by atoms with E-state index in [1.165, 1.54) is 0 Å². The van der Waals surface area contributed by atoms with Gasteiger partial charge in [0, 0.05) is 36.4 Å². The lowest BCUT2D eigenvalue weighted by Gasteiger charge is -2.22. The molecule has 5 heteroatoms. The van der Waals surface area contributed by atoms with Gasteiger partial charge in [-0.25, -0.2) is 0 Å². The van der Waals surface area contributed by atoms with Crippen LogP contribution in [-0.2, 0) is 6.54 Å². The van der Waals surface area contributed by atoms with Gasteiger partial charge in [-0.15, -0.1) is 0 Å². The van der Waals surface area contributed by atoms with E-state index < -0.39 is 0 Å². The second-order valence-corrected chi connectivity index (χ2v) is 6.74. The molecule has 0 radical (unpaired) electrons. The van der Waals surface area contributed by atoms with Crippen LogP contribution in [0.4, 0.5) is 5.69 Å². The van der Waals surface area contributed by atoms with Crippen molar-refractivity contribution in [1.29, 1.82) is 0 Å². The van der Waals surface area contributed by atoms with Crippen molar-refractivity contribution in [3.8, 4) is 0 Å². The van der Waals surface area contributed by atoms with Crippen LogP contribution in [0.15, 0.2) is 42.5 Å². The topological polar surface area (TPSA) is 75.4 Å². The number of carbonyl (C=O) groups is 2. The quantitative estimate of drug-likeness (QED) is 0.741. The fourth-order valence-corrected chi connectivity index (χ4v) is 3.00. The van der Waals surface area contributed by atoms with Gasteiger partial charge in [0.1, 0.15) is 0 Å². The van der Waals surface area contributed by atoms with E-state index in [0.29, 0.717) is 23.4 Å². The molecule has 0 unspecified atom stereocenters. The zero-order chi connectivity index (χ0) is 19.8. The summed E-state index contributed by atoms with van der Waals surface area (Å²) in [6, 6.07) is 12.7. The summed E-state index contributed by atoms with van der Waals surface area (Å²) in [7, 11) is 0. The second kappa shape index (κ2) is 9.88. The first-order valence-corrected chi connectivity index (χ1v) is 9.49. The van der Waals surface area contributed by atoms with Gasteiger partial charge in [0.15, 0.2) is 0 Å². The van der Waals surface area contributed by atoms with E-state index in [2.05, 4.69) is 19.2 Å². The summed E-state index contributed by atoms with van der Waals surface area (Å²) in [5.74, 6) is -0.255. The van der Waals surface area contributed by atoms with Gasteiger partial charge in [-0.2, -0.15) is 0 Å². The molecule has 2 rings (SSSR count). The van der Waals surface area contributed by atoms with Gasteiger partial charge in [-0.1, -0.05) is 26.0 Å². The Balaban J connectivity index is 2.21. The van der Waals surface area contributed by atoms with E-state index in [4.69, 9.17) is 5.73 Å². The average molecular weight is 367 g/mol. The Morgan fingerprint density at radius 3 is 2.11 bits per heavy atom. The Hall–Kier alpha value is -2.66. The van der Waals surface area contributed by atoms with Crippen molar-refractivity contribution in [2.24, 2.45) is 5.73 Å². The first-order valence-electron chi connectivity index (χ1n) is 9.49. The van der Waals surface area contributed by atoms with E-state index in [1.807, 2.05) is 42.2 Å². The van der Waals surface area contributed by atoms with E-state index in [0.717, 1.165) is 37.1 Å². The molecule has 5 nitrogen and oxygen atoms in total. The van der Waals surface area contributed by atoms with Crippen molar-refractivity contribution in [2.45, 2.75) is 40.2 Å². The molecule has 0 atom stereocenters. The summed E-state index contributed by atoms with van der Waals surface area (Å²) in [5, 5.41) is 2.88. The molecule has 2 aromatic rings. The van der Waals surface area contributed by atoms with Gasteiger partial charge < -0.3 is 16.0 Å². The number of hydrogen-bond acceptors (Lipinski definition) is 3. The fraction of sp³-hybridized carbons (Fsp3) is 0.364. The highest BCUT2D eigenvalue weighted by Crippen LogP contribution is 2.16. The van der Waals surface area contributed by atoms with Crippen molar-refractivity contribution < 1.29 is 9.59 Å². The van der Waals surface area contributed by atoms with E-state index in [-0.39, 0.29) is 11.8 Å². The van der Waals surface area contributed by atoms with Gasteiger partial charge in [0.05, 0.1) is 0 Å². The molecule has 0 aromatic heterocycles. The molecule has 0 aliphatic carbocycles.